The van der Waals surface area contributed by atoms with Crippen LogP contribution >= 0.6 is 0 Å². The normalized spacial score (nSPS) is 26.6. The Kier molecular flexibility index (Phi) is 5.29. The minimum absolute atomic E-state index is 0.0138. The van der Waals surface area contributed by atoms with Gasteiger partial charge in [-0.15, -0.1) is 0 Å². The number of nitrogen functional groups attached to an aromatic ring is 1. The zero-order chi connectivity index (χ0) is 19.9. The van der Waals surface area contributed by atoms with Gasteiger partial charge in [-0.3, -0.25) is 14.2 Å². The predicted octanol–water partition coefficient (Wildman–Crippen LogP) is -1.14. The van der Waals surface area contributed by atoms with Crippen molar-refractivity contribution in [3.63, 3.8) is 0 Å². The average molecular weight is 381 g/mol. The average Bonchev–Trinajstić information content (AvgIpc) is 3.16. The zero-order valence-corrected chi connectivity index (χ0v) is 15.0. The van der Waals surface area contributed by atoms with Crippen molar-refractivity contribution < 1.29 is 24.9 Å². The smallest absolute Gasteiger partial charge is 0.289 e. The van der Waals surface area contributed by atoms with Crippen LogP contribution in [0, 0.1) is 5.92 Å². The van der Waals surface area contributed by atoms with E-state index < -0.39 is 42.6 Å². The Balaban J connectivity index is 2.03. The van der Waals surface area contributed by atoms with Gasteiger partial charge in [-0.05, 0) is 5.92 Å². The van der Waals surface area contributed by atoms with Crippen molar-refractivity contribution in [1.29, 1.82) is 0 Å². The molecule has 0 aromatic carbocycles. The van der Waals surface area contributed by atoms with E-state index in [1.807, 2.05) is 13.8 Å². The molecule has 3 rings (SSSR count). The fourth-order valence-electron chi connectivity index (χ4n) is 3.06. The number of aromatic nitrogens is 4. The first-order valence-electron chi connectivity index (χ1n) is 8.70. The number of hydrogen-bond donors (Lipinski definition) is 4. The Morgan fingerprint density at radius 1 is 1.41 bits per heavy atom. The number of hydrogen-bond acceptors (Lipinski definition) is 9. The first-order chi connectivity index (χ1) is 12.8. The van der Waals surface area contributed by atoms with Crippen LogP contribution in [0.4, 0.5) is 5.95 Å². The lowest BCUT2D eigenvalue weighted by atomic mass is 10.1. The molecule has 0 aliphatic carbocycles. The highest BCUT2D eigenvalue weighted by atomic mass is 16.6. The second-order valence-corrected chi connectivity index (χ2v) is 6.77. The summed E-state index contributed by atoms with van der Waals surface area (Å²) in [7, 11) is 0. The van der Waals surface area contributed by atoms with E-state index in [0.29, 0.717) is 0 Å². The van der Waals surface area contributed by atoms with E-state index in [-0.39, 0.29) is 29.5 Å². The highest BCUT2D eigenvalue weighted by molar-refractivity contribution is 5.84. The van der Waals surface area contributed by atoms with Gasteiger partial charge in [0, 0.05) is 6.42 Å². The van der Waals surface area contributed by atoms with E-state index in [0.717, 1.165) is 11.0 Å². The Bertz CT molecular complexity index is 909. The lowest BCUT2D eigenvalue weighted by Crippen LogP contribution is -2.33. The fraction of sp³-hybridized carbons (Fsp3) is 0.625. The van der Waals surface area contributed by atoms with Crippen LogP contribution in [0.5, 0.6) is 0 Å². The first kappa shape index (κ1) is 19.4. The number of fused-ring (bicyclic) bond motifs is 1. The molecule has 2 aromatic heterocycles. The molecule has 0 saturated carbocycles. The molecule has 0 amide bonds. The number of aliphatic hydroxyl groups excluding tert-OH is 3. The number of aliphatic hydroxyl groups is 3. The maximum atomic E-state index is 12.7. The Labute approximate surface area is 154 Å². The van der Waals surface area contributed by atoms with E-state index in [9.17, 15) is 24.9 Å². The maximum absolute atomic E-state index is 12.7. The summed E-state index contributed by atoms with van der Waals surface area (Å²) in [5, 5.41) is 29.3. The van der Waals surface area contributed by atoms with Crippen molar-refractivity contribution in [2.75, 3.05) is 12.3 Å². The van der Waals surface area contributed by atoms with E-state index >= 15 is 0 Å². The second-order valence-electron chi connectivity index (χ2n) is 6.77. The molecule has 1 aliphatic heterocycles. The molecule has 1 unspecified atom stereocenters. The van der Waals surface area contributed by atoms with Gasteiger partial charge < -0.3 is 25.8 Å². The minimum Gasteiger partial charge on any atom is -0.394 e. The van der Waals surface area contributed by atoms with Gasteiger partial charge in [-0.2, -0.15) is 4.98 Å². The van der Waals surface area contributed by atoms with Crippen LogP contribution in [0.1, 0.15) is 37.7 Å². The molecule has 11 nitrogen and oxygen atoms in total. The third-order valence-electron chi connectivity index (χ3n) is 4.88. The summed E-state index contributed by atoms with van der Waals surface area (Å²) in [4.78, 5) is 33.2. The number of anilines is 1. The van der Waals surface area contributed by atoms with Crippen LogP contribution in [-0.4, -0.2) is 65.2 Å². The van der Waals surface area contributed by atoms with Crippen molar-refractivity contribution in [2.45, 2.75) is 51.2 Å². The molecular weight excluding hydrogens is 358 g/mol. The Morgan fingerprint density at radius 3 is 2.70 bits per heavy atom. The van der Waals surface area contributed by atoms with Crippen molar-refractivity contribution in [3.8, 4) is 0 Å². The lowest BCUT2D eigenvalue weighted by molar-refractivity contribution is -0.0511. The molecule has 5 N–H and O–H groups in total. The fourth-order valence-corrected chi connectivity index (χ4v) is 3.06. The molecule has 2 aromatic rings. The van der Waals surface area contributed by atoms with Crippen LogP contribution in [0.2, 0.25) is 0 Å². The van der Waals surface area contributed by atoms with Crippen LogP contribution in [0.3, 0.4) is 0 Å². The highest BCUT2D eigenvalue weighted by Gasteiger charge is 2.44. The molecule has 1 aliphatic rings. The standard InChI is InChI=1S/C16H23N5O6/c1-3-7(2)4-9(23)21-14(26)10-13(19-16(21)17)20(6-18-10)15-12(25)11(24)8(5-22)27-15/h6-8,11-12,15,22,24-25H,3-5H2,1-2H3,(H2,17,19)/t7?,8-,11-,12-,15-/m1/s1. The van der Waals surface area contributed by atoms with Gasteiger partial charge in [0.2, 0.25) is 11.9 Å². The predicted molar refractivity (Wildman–Crippen MR) is 93.9 cm³/mol. The molecule has 11 heteroatoms. The molecule has 1 saturated heterocycles. The van der Waals surface area contributed by atoms with Gasteiger partial charge in [0.25, 0.3) is 5.56 Å². The number of nitrogens with zero attached hydrogens (tertiary/aromatic N) is 4. The molecule has 0 bridgehead atoms. The molecule has 1 fully saturated rings. The maximum Gasteiger partial charge on any atom is 0.289 e. The summed E-state index contributed by atoms with van der Waals surface area (Å²) >= 11 is 0. The SMILES string of the molecule is CCC(C)CC(=O)n1c(N)nc2c(ncn2[C@@H]2O[C@H](CO)[C@@H](O)[C@H]2O)c1=O. The number of carbonyl (C=O) groups is 1. The number of rotatable bonds is 5. The van der Waals surface area contributed by atoms with Gasteiger partial charge in [0.1, 0.15) is 18.3 Å². The zero-order valence-electron chi connectivity index (χ0n) is 15.0. The van der Waals surface area contributed by atoms with Crippen LogP contribution in [0.25, 0.3) is 11.2 Å². The number of imidazole rings is 1. The summed E-state index contributed by atoms with van der Waals surface area (Å²) in [6.07, 6.45) is -2.65. The van der Waals surface area contributed by atoms with Crippen LogP contribution in [0.15, 0.2) is 11.1 Å². The van der Waals surface area contributed by atoms with Crippen molar-refractivity contribution in [1.82, 2.24) is 19.1 Å². The summed E-state index contributed by atoms with van der Waals surface area (Å²) in [6, 6.07) is 0. The summed E-state index contributed by atoms with van der Waals surface area (Å²) in [6.45, 7) is 3.34. The molecular formula is C16H23N5O6. The van der Waals surface area contributed by atoms with Crippen molar-refractivity contribution in [3.05, 3.63) is 16.7 Å². The van der Waals surface area contributed by atoms with E-state index in [2.05, 4.69) is 9.97 Å². The molecule has 0 spiro atoms. The highest BCUT2D eigenvalue weighted by Crippen LogP contribution is 2.30. The summed E-state index contributed by atoms with van der Waals surface area (Å²) < 4.78 is 7.47. The first-order valence-corrected chi connectivity index (χ1v) is 8.70. The van der Waals surface area contributed by atoms with E-state index in [4.69, 9.17) is 10.5 Å². The van der Waals surface area contributed by atoms with Gasteiger partial charge >= 0.3 is 0 Å². The minimum atomic E-state index is -1.36. The van der Waals surface area contributed by atoms with Gasteiger partial charge in [0.15, 0.2) is 17.4 Å². The number of carbonyl (C=O) groups excluding carboxylic acids is 1. The summed E-state index contributed by atoms with van der Waals surface area (Å²) in [5.41, 5.74) is 5.04. The Morgan fingerprint density at radius 2 is 2.11 bits per heavy atom. The second kappa shape index (κ2) is 7.35. The molecule has 5 atom stereocenters. The van der Waals surface area contributed by atoms with Gasteiger partial charge in [-0.1, -0.05) is 20.3 Å². The topological polar surface area (TPSA) is 166 Å². The number of nitrogens with two attached hydrogens (primary N) is 1. The van der Waals surface area contributed by atoms with Crippen LogP contribution in [-0.2, 0) is 4.74 Å². The monoisotopic (exact) mass is 381 g/mol. The molecule has 148 valence electrons. The quantitative estimate of drug-likeness (QED) is 0.501. The third-order valence-corrected chi connectivity index (χ3v) is 4.88. The Hall–Kier alpha value is -2.34. The third kappa shape index (κ3) is 3.23. The number of ether oxygens (including phenoxy) is 1. The molecule has 3 heterocycles. The lowest BCUT2D eigenvalue weighted by Gasteiger charge is -2.17. The molecule has 0 radical (unpaired) electrons. The van der Waals surface area contributed by atoms with E-state index in [1.54, 1.807) is 0 Å². The van der Waals surface area contributed by atoms with Gasteiger partial charge in [-0.25, -0.2) is 9.55 Å². The van der Waals surface area contributed by atoms with Crippen LogP contribution < -0.4 is 11.3 Å². The largest absolute Gasteiger partial charge is 0.394 e. The van der Waals surface area contributed by atoms with E-state index in [1.165, 1.54) is 10.9 Å². The summed E-state index contributed by atoms with van der Waals surface area (Å²) in [5.74, 6) is -0.686. The van der Waals surface area contributed by atoms with Crippen molar-refractivity contribution in [2.24, 2.45) is 5.92 Å². The van der Waals surface area contributed by atoms with Gasteiger partial charge in [0.05, 0.1) is 12.9 Å². The van der Waals surface area contributed by atoms with Crippen molar-refractivity contribution >= 4 is 23.0 Å². The molecule has 27 heavy (non-hydrogen) atoms.